The molecule has 0 radical (unpaired) electrons. The van der Waals surface area contributed by atoms with Gasteiger partial charge in [0.1, 0.15) is 5.75 Å². The van der Waals surface area contributed by atoms with Gasteiger partial charge in [-0.15, -0.1) is 0 Å². The summed E-state index contributed by atoms with van der Waals surface area (Å²) in [7, 11) is 0. The highest BCUT2D eigenvalue weighted by atomic mass is 16.3. The van der Waals surface area contributed by atoms with Gasteiger partial charge in [0.25, 0.3) is 5.91 Å². The van der Waals surface area contributed by atoms with Crippen molar-refractivity contribution in [2.75, 3.05) is 0 Å². The number of aromatic nitrogens is 1. The molecule has 1 amide bonds. The predicted octanol–water partition coefficient (Wildman–Crippen LogP) is 1.56. The molecule has 94 valence electrons. The minimum Gasteiger partial charge on any atom is -0.505 e. The summed E-state index contributed by atoms with van der Waals surface area (Å²) in [6.07, 6.45) is 5.59. The van der Waals surface area contributed by atoms with Gasteiger partial charge in [0.05, 0.1) is 0 Å². The minimum atomic E-state index is -0.230. The lowest BCUT2D eigenvalue weighted by atomic mass is 10.0. The molecule has 4 rings (SSSR count). The van der Waals surface area contributed by atoms with Gasteiger partial charge in [-0.05, 0) is 55.1 Å². The lowest BCUT2D eigenvalue weighted by Gasteiger charge is -2.10. The van der Waals surface area contributed by atoms with E-state index in [0.29, 0.717) is 17.9 Å². The summed E-state index contributed by atoms with van der Waals surface area (Å²) in [6.45, 7) is 0. The lowest BCUT2D eigenvalue weighted by Crippen LogP contribution is -2.30. The van der Waals surface area contributed by atoms with Crippen molar-refractivity contribution in [2.45, 2.75) is 25.3 Å². The van der Waals surface area contributed by atoms with E-state index in [4.69, 9.17) is 0 Å². The molecule has 1 heterocycles. The summed E-state index contributed by atoms with van der Waals surface area (Å²) < 4.78 is 0. The number of rotatable bonds is 2. The summed E-state index contributed by atoms with van der Waals surface area (Å²) in [6, 6.07) is 3.46. The molecule has 2 bridgehead atoms. The van der Waals surface area contributed by atoms with Gasteiger partial charge < -0.3 is 10.4 Å². The number of aromatic hydroxyl groups is 1. The molecule has 4 atom stereocenters. The van der Waals surface area contributed by atoms with Crippen molar-refractivity contribution in [3.8, 4) is 5.75 Å². The second-order valence-electron chi connectivity index (χ2n) is 5.86. The molecule has 3 aliphatic rings. The van der Waals surface area contributed by atoms with Gasteiger partial charge in [0, 0.05) is 12.2 Å². The molecule has 0 saturated heterocycles. The fourth-order valence-corrected chi connectivity index (χ4v) is 4.31. The van der Waals surface area contributed by atoms with Crippen LogP contribution in [-0.4, -0.2) is 22.0 Å². The third-order valence-electron chi connectivity index (χ3n) is 5.03. The highest BCUT2D eigenvalue weighted by Crippen LogP contribution is 2.65. The van der Waals surface area contributed by atoms with Gasteiger partial charge in [-0.2, -0.15) is 0 Å². The summed E-state index contributed by atoms with van der Waals surface area (Å²) >= 11 is 0. The van der Waals surface area contributed by atoms with Crippen molar-refractivity contribution in [3.05, 3.63) is 24.0 Å². The Labute approximate surface area is 105 Å². The van der Waals surface area contributed by atoms with Crippen LogP contribution < -0.4 is 5.32 Å². The first-order valence-corrected chi connectivity index (χ1v) is 6.70. The first-order chi connectivity index (χ1) is 8.75. The van der Waals surface area contributed by atoms with Crippen molar-refractivity contribution >= 4 is 5.91 Å². The quantitative estimate of drug-likeness (QED) is 0.830. The molecule has 4 heteroatoms. The normalized spacial score (nSPS) is 39.4. The van der Waals surface area contributed by atoms with Crippen molar-refractivity contribution in [1.82, 2.24) is 10.3 Å². The second-order valence-corrected chi connectivity index (χ2v) is 5.86. The topological polar surface area (TPSA) is 62.2 Å². The van der Waals surface area contributed by atoms with E-state index in [1.54, 1.807) is 6.07 Å². The molecule has 1 aromatic rings. The molecule has 3 aliphatic carbocycles. The van der Waals surface area contributed by atoms with Crippen LogP contribution in [0, 0.1) is 23.7 Å². The first kappa shape index (κ1) is 10.4. The summed E-state index contributed by atoms with van der Waals surface area (Å²) in [5, 5.41) is 12.7. The van der Waals surface area contributed by atoms with E-state index in [9.17, 15) is 9.90 Å². The van der Waals surface area contributed by atoms with E-state index in [2.05, 4.69) is 10.3 Å². The smallest absolute Gasteiger partial charge is 0.273 e. The number of fused-ring (bicyclic) bond motifs is 5. The summed E-state index contributed by atoms with van der Waals surface area (Å²) in [5.74, 6) is 2.82. The fourth-order valence-electron chi connectivity index (χ4n) is 4.31. The van der Waals surface area contributed by atoms with E-state index in [0.717, 1.165) is 11.8 Å². The van der Waals surface area contributed by atoms with Crippen LogP contribution in [0.4, 0.5) is 0 Å². The van der Waals surface area contributed by atoms with Crippen molar-refractivity contribution in [3.63, 3.8) is 0 Å². The van der Waals surface area contributed by atoms with Crippen LogP contribution in [0.1, 0.15) is 29.8 Å². The Morgan fingerprint density at radius 1 is 1.33 bits per heavy atom. The Hall–Kier alpha value is -1.58. The largest absolute Gasteiger partial charge is 0.505 e. The van der Waals surface area contributed by atoms with Crippen LogP contribution in [0.5, 0.6) is 5.75 Å². The highest BCUT2D eigenvalue weighted by Gasteiger charge is 2.65. The Balaban J connectivity index is 1.48. The number of pyridine rings is 1. The number of nitrogens with one attached hydrogen (secondary N) is 1. The Morgan fingerprint density at radius 3 is 2.72 bits per heavy atom. The van der Waals surface area contributed by atoms with Crippen LogP contribution in [0.3, 0.4) is 0 Å². The van der Waals surface area contributed by atoms with Gasteiger partial charge in [0.2, 0.25) is 0 Å². The molecule has 4 nitrogen and oxygen atoms in total. The third-order valence-corrected chi connectivity index (χ3v) is 5.03. The van der Waals surface area contributed by atoms with Crippen LogP contribution in [-0.2, 0) is 0 Å². The standard InChI is InChI=1S/C14H16N2O2/c17-9-2-1-5-15-12(9)14(18)16-13-10-7-3-4-8(6-7)11(10)13/h1-2,5,7-8,10-11,13,17H,3-4,6H2,(H,16,18). The SMILES string of the molecule is O=C(NC1C2C3CCC(C3)C12)c1ncccc1O. The third kappa shape index (κ3) is 1.32. The number of hydrogen-bond donors (Lipinski definition) is 2. The molecule has 3 fully saturated rings. The fraction of sp³-hybridized carbons (Fsp3) is 0.571. The molecule has 2 N–H and O–H groups in total. The molecule has 0 aliphatic heterocycles. The van der Waals surface area contributed by atoms with Crippen LogP contribution in [0.2, 0.25) is 0 Å². The van der Waals surface area contributed by atoms with Crippen LogP contribution >= 0.6 is 0 Å². The molecule has 0 aromatic carbocycles. The average molecular weight is 244 g/mol. The molecular formula is C14H16N2O2. The van der Waals surface area contributed by atoms with Crippen molar-refractivity contribution < 1.29 is 9.90 Å². The second kappa shape index (κ2) is 3.46. The zero-order valence-electron chi connectivity index (χ0n) is 10.0. The number of hydrogen-bond acceptors (Lipinski definition) is 3. The maximum absolute atomic E-state index is 12.0. The molecule has 18 heavy (non-hydrogen) atoms. The Kier molecular flexibility index (Phi) is 1.99. The van der Waals surface area contributed by atoms with E-state index in [-0.39, 0.29) is 17.4 Å². The van der Waals surface area contributed by atoms with Crippen molar-refractivity contribution in [2.24, 2.45) is 23.7 Å². The molecule has 4 unspecified atom stereocenters. The highest BCUT2D eigenvalue weighted by molar-refractivity contribution is 5.95. The zero-order chi connectivity index (χ0) is 12.3. The number of carbonyl (C=O) groups is 1. The van der Waals surface area contributed by atoms with Gasteiger partial charge >= 0.3 is 0 Å². The predicted molar refractivity (Wildman–Crippen MR) is 65.0 cm³/mol. The Morgan fingerprint density at radius 2 is 2.06 bits per heavy atom. The monoisotopic (exact) mass is 244 g/mol. The van der Waals surface area contributed by atoms with Crippen molar-refractivity contribution in [1.29, 1.82) is 0 Å². The molecule has 0 spiro atoms. The zero-order valence-corrected chi connectivity index (χ0v) is 10.0. The maximum Gasteiger partial charge on any atom is 0.273 e. The van der Waals surface area contributed by atoms with Gasteiger partial charge in [-0.1, -0.05) is 0 Å². The lowest BCUT2D eigenvalue weighted by molar-refractivity contribution is 0.0936. The van der Waals surface area contributed by atoms with Gasteiger partial charge in [0.15, 0.2) is 5.69 Å². The first-order valence-electron chi connectivity index (χ1n) is 6.70. The molecule has 1 aromatic heterocycles. The number of carbonyl (C=O) groups excluding carboxylic acids is 1. The number of amides is 1. The van der Waals surface area contributed by atoms with E-state index in [1.165, 1.54) is 31.5 Å². The summed E-state index contributed by atoms with van der Waals surface area (Å²) in [5.41, 5.74) is 0.148. The average Bonchev–Trinajstić information content (AvgIpc) is 2.77. The maximum atomic E-state index is 12.0. The Bertz CT molecular complexity index is 500. The molecular weight excluding hydrogens is 228 g/mol. The molecule has 3 saturated carbocycles. The van der Waals surface area contributed by atoms with E-state index in [1.807, 2.05) is 0 Å². The van der Waals surface area contributed by atoms with Gasteiger partial charge in [-0.25, -0.2) is 4.98 Å². The number of nitrogens with zero attached hydrogens (tertiary/aromatic N) is 1. The van der Waals surface area contributed by atoms with E-state index >= 15 is 0 Å². The minimum absolute atomic E-state index is 0.0382. The van der Waals surface area contributed by atoms with Crippen LogP contribution in [0.25, 0.3) is 0 Å². The van der Waals surface area contributed by atoms with Crippen LogP contribution in [0.15, 0.2) is 18.3 Å². The van der Waals surface area contributed by atoms with Gasteiger partial charge in [-0.3, -0.25) is 4.79 Å². The summed E-state index contributed by atoms with van der Waals surface area (Å²) in [4.78, 5) is 16.0. The van der Waals surface area contributed by atoms with E-state index < -0.39 is 0 Å².